The van der Waals surface area contributed by atoms with Crippen LogP contribution in [-0.2, 0) is 16.0 Å². The number of likely N-dealkylation sites (tertiary alicyclic amines) is 1. The number of urea groups is 1. The monoisotopic (exact) mass is 521 g/mol. The molecule has 0 bridgehead atoms. The number of rotatable bonds is 7. The first kappa shape index (κ1) is 26.0. The van der Waals surface area contributed by atoms with E-state index in [1.54, 1.807) is 37.3 Å². The van der Waals surface area contributed by atoms with Crippen molar-refractivity contribution in [1.29, 1.82) is 0 Å². The molecule has 10 nitrogen and oxygen atoms in total. The van der Waals surface area contributed by atoms with E-state index in [1.165, 1.54) is 24.3 Å². The van der Waals surface area contributed by atoms with Crippen LogP contribution in [0.3, 0.4) is 0 Å². The predicted molar refractivity (Wildman–Crippen MR) is 140 cm³/mol. The van der Waals surface area contributed by atoms with E-state index < -0.39 is 35.8 Å². The van der Waals surface area contributed by atoms with Gasteiger partial charge in [0.25, 0.3) is 5.91 Å². The number of nitrogens with two attached hydrogens (primary N) is 1. The molecule has 1 aromatic carbocycles. The van der Waals surface area contributed by atoms with E-state index in [4.69, 9.17) is 17.3 Å². The third-order valence-corrected chi connectivity index (χ3v) is 6.55. The quantitative estimate of drug-likeness (QED) is 0.455. The lowest BCUT2D eigenvalue weighted by Crippen LogP contribution is -2.70. The number of hydrogen-bond donors (Lipinski definition) is 2. The van der Waals surface area contributed by atoms with Crippen LogP contribution < -0.4 is 16.0 Å². The molecule has 2 unspecified atom stereocenters. The molecule has 1 fully saturated rings. The number of anilines is 2. The summed E-state index contributed by atoms with van der Waals surface area (Å²) in [5.74, 6) is -1.20. The van der Waals surface area contributed by atoms with Crippen molar-refractivity contribution < 1.29 is 14.4 Å². The molecule has 1 saturated heterocycles. The second-order valence-corrected chi connectivity index (χ2v) is 9.35. The fraction of sp³-hybridized carbons (Fsp3) is 0.308. The van der Waals surface area contributed by atoms with Crippen molar-refractivity contribution in [3.05, 3.63) is 76.7 Å². The van der Waals surface area contributed by atoms with Crippen molar-refractivity contribution in [3.8, 4) is 0 Å². The lowest BCUT2D eigenvalue weighted by atomic mass is 9.81. The summed E-state index contributed by atoms with van der Waals surface area (Å²) in [6, 6.07) is 10.2. The topological polar surface area (TPSA) is 134 Å². The van der Waals surface area contributed by atoms with Gasteiger partial charge in [0, 0.05) is 30.2 Å². The zero-order valence-electron chi connectivity index (χ0n) is 20.8. The number of nitrogens with zero attached hydrogens (tertiary/aromatic N) is 5. The molecule has 4 rings (SSSR count). The first-order valence-electron chi connectivity index (χ1n) is 11.9. The molecule has 1 aliphatic rings. The molecule has 11 heteroatoms. The van der Waals surface area contributed by atoms with Crippen molar-refractivity contribution in [2.45, 2.75) is 38.8 Å². The van der Waals surface area contributed by atoms with Gasteiger partial charge in [0.2, 0.25) is 11.9 Å². The number of aromatic nitrogens is 3. The molecule has 2 aromatic heterocycles. The minimum absolute atomic E-state index is 0.167. The smallest absolute Gasteiger partial charge is 0.325 e. The van der Waals surface area contributed by atoms with Crippen LogP contribution in [0.4, 0.5) is 16.6 Å². The third kappa shape index (κ3) is 5.54. The van der Waals surface area contributed by atoms with Crippen LogP contribution in [0, 0.1) is 12.8 Å². The van der Waals surface area contributed by atoms with Gasteiger partial charge in [0.1, 0.15) is 11.9 Å². The molecule has 3 aromatic rings. The average Bonchev–Trinajstić information content (AvgIpc) is 2.87. The number of nitrogens with one attached hydrogen (secondary N) is 1. The van der Waals surface area contributed by atoms with Gasteiger partial charge in [0.05, 0.1) is 12.0 Å². The number of nitrogen functional groups attached to an aromatic ring is 1. The molecule has 1 aliphatic heterocycles. The molecule has 3 atom stereocenters. The SMILES string of the molecule is CCC(NC(=O)N1C(=O)[C@H](Cc2cc(C)nc(N)c2)C1C(=O)N(C)c1ncccn1)c1cccc(Cl)c1. The lowest BCUT2D eigenvalue weighted by molar-refractivity contribution is -0.156. The van der Waals surface area contributed by atoms with Gasteiger partial charge < -0.3 is 11.1 Å². The molecule has 0 radical (unpaired) electrons. The minimum atomic E-state index is -1.05. The number of β-lactam (4-membered cyclic amide) rings is 1. The standard InChI is InChI=1S/C26H28ClN7O3/c1-4-20(17-7-5-8-18(27)14-17)32-26(37)34-22(24(36)33(3)25-29-9-6-10-30-25)19(23(34)35)12-16-11-15(2)31-21(28)13-16/h5-11,13-14,19-20,22H,4,12H2,1-3H3,(H2,28,31)(H,32,37)/t19-,20?,22?/m1/s1. The maximum Gasteiger partial charge on any atom is 0.325 e. The van der Waals surface area contributed by atoms with Crippen LogP contribution in [0.25, 0.3) is 0 Å². The summed E-state index contributed by atoms with van der Waals surface area (Å²) >= 11 is 6.13. The summed E-state index contributed by atoms with van der Waals surface area (Å²) in [5.41, 5.74) is 8.14. The van der Waals surface area contributed by atoms with E-state index in [9.17, 15) is 14.4 Å². The maximum absolute atomic E-state index is 13.6. The fourth-order valence-corrected chi connectivity index (χ4v) is 4.72. The Hall–Kier alpha value is -4.05. The predicted octanol–water partition coefficient (Wildman–Crippen LogP) is 3.31. The number of carbonyl (C=O) groups excluding carboxylic acids is 3. The van der Waals surface area contributed by atoms with E-state index in [1.807, 2.05) is 19.1 Å². The molecule has 0 saturated carbocycles. The number of aryl methyl sites for hydroxylation is 1. The van der Waals surface area contributed by atoms with Gasteiger partial charge in [-0.25, -0.2) is 19.7 Å². The average molecular weight is 522 g/mol. The Bertz CT molecular complexity index is 1300. The highest BCUT2D eigenvalue weighted by Gasteiger charge is 2.55. The zero-order chi connectivity index (χ0) is 26.7. The molecule has 192 valence electrons. The Morgan fingerprint density at radius 1 is 1.19 bits per heavy atom. The van der Waals surface area contributed by atoms with Crippen molar-refractivity contribution in [3.63, 3.8) is 0 Å². The van der Waals surface area contributed by atoms with Crippen LogP contribution in [0.5, 0.6) is 0 Å². The number of likely N-dealkylation sites (N-methyl/N-ethyl adjacent to an activating group) is 1. The van der Waals surface area contributed by atoms with Gasteiger partial charge in [0.15, 0.2) is 0 Å². The van der Waals surface area contributed by atoms with Gasteiger partial charge in [-0.15, -0.1) is 0 Å². The van der Waals surface area contributed by atoms with Gasteiger partial charge in [-0.2, -0.15) is 0 Å². The molecule has 0 aliphatic carbocycles. The van der Waals surface area contributed by atoms with Crippen molar-refractivity contribution in [1.82, 2.24) is 25.2 Å². The number of benzene rings is 1. The van der Waals surface area contributed by atoms with Crippen molar-refractivity contribution in [2.24, 2.45) is 5.92 Å². The molecule has 37 heavy (non-hydrogen) atoms. The van der Waals surface area contributed by atoms with Gasteiger partial charge in [-0.3, -0.25) is 19.4 Å². The van der Waals surface area contributed by atoms with E-state index in [0.717, 1.165) is 16.0 Å². The van der Waals surface area contributed by atoms with Gasteiger partial charge >= 0.3 is 6.03 Å². The number of carbonyl (C=O) groups is 3. The lowest BCUT2D eigenvalue weighted by Gasteiger charge is -2.45. The fourth-order valence-electron chi connectivity index (χ4n) is 4.52. The minimum Gasteiger partial charge on any atom is -0.384 e. The number of amides is 4. The molecular weight excluding hydrogens is 494 g/mol. The van der Waals surface area contributed by atoms with E-state index in [-0.39, 0.29) is 12.4 Å². The molecule has 0 spiro atoms. The van der Waals surface area contributed by atoms with Crippen molar-refractivity contribution in [2.75, 3.05) is 17.7 Å². The van der Waals surface area contributed by atoms with Crippen molar-refractivity contribution >= 4 is 41.2 Å². The van der Waals surface area contributed by atoms with Crippen LogP contribution in [0.1, 0.15) is 36.2 Å². The molecule has 3 N–H and O–H groups in total. The second kappa shape index (κ2) is 10.9. The molecule has 4 amide bonds. The number of halogens is 1. The maximum atomic E-state index is 13.6. The van der Waals surface area contributed by atoms with E-state index in [2.05, 4.69) is 20.3 Å². The second-order valence-electron chi connectivity index (χ2n) is 8.92. The van der Waals surface area contributed by atoms with Crippen LogP contribution in [0.2, 0.25) is 5.02 Å². The number of imide groups is 1. The summed E-state index contributed by atoms with van der Waals surface area (Å²) in [6.45, 7) is 3.71. The van der Waals surface area contributed by atoms with E-state index in [0.29, 0.717) is 23.0 Å². The van der Waals surface area contributed by atoms with Gasteiger partial charge in [-0.05, 0) is 61.2 Å². The Morgan fingerprint density at radius 3 is 2.57 bits per heavy atom. The Morgan fingerprint density at radius 2 is 1.92 bits per heavy atom. The summed E-state index contributed by atoms with van der Waals surface area (Å²) < 4.78 is 0. The summed E-state index contributed by atoms with van der Waals surface area (Å²) in [6.07, 6.45) is 3.81. The Labute approximate surface area is 219 Å². The molecule has 3 heterocycles. The Kier molecular flexibility index (Phi) is 7.68. The van der Waals surface area contributed by atoms with E-state index >= 15 is 0 Å². The zero-order valence-corrected chi connectivity index (χ0v) is 21.5. The molecular formula is C26H28ClN7O3. The largest absolute Gasteiger partial charge is 0.384 e. The normalized spacial score (nSPS) is 17.6. The third-order valence-electron chi connectivity index (χ3n) is 6.31. The number of hydrogen-bond acceptors (Lipinski definition) is 7. The first-order valence-corrected chi connectivity index (χ1v) is 12.2. The van der Waals surface area contributed by atoms with Gasteiger partial charge in [-0.1, -0.05) is 30.7 Å². The highest BCUT2D eigenvalue weighted by atomic mass is 35.5. The highest BCUT2D eigenvalue weighted by Crippen LogP contribution is 2.33. The highest BCUT2D eigenvalue weighted by molar-refractivity contribution is 6.30. The number of pyridine rings is 1. The van der Waals surface area contributed by atoms with Crippen LogP contribution in [-0.4, -0.2) is 50.8 Å². The summed E-state index contributed by atoms with van der Waals surface area (Å²) in [4.78, 5) is 54.9. The first-order chi connectivity index (χ1) is 17.7. The van der Waals surface area contributed by atoms with Crippen LogP contribution in [0.15, 0.2) is 54.9 Å². The summed E-state index contributed by atoms with van der Waals surface area (Å²) in [5, 5.41) is 3.42. The summed E-state index contributed by atoms with van der Waals surface area (Å²) in [7, 11) is 1.52. The Balaban J connectivity index is 1.61. The van der Waals surface area contributed by atoms with Crippen LogP contribution >= 0.6 is 11.6 Å².